The molecule has 0 aliphatic rings. The molecule has 0 saturated carbocycles. The van der Waals surface area contributed by atoms with Crippen LogP contribution >= 0.6 is 11.6 Å². The van der Waals surface area contributed by atoms with Gasteiger partial charge >= 0.3 is 5.97 Å². The van der Waals surface area contributed by atoms with Gasteiger partial charge in [-0.2, -0.15) is 0 Å². The summed E-state index contributed by atoms with van der Waals surface area (Å²) in [7, 11) is 0. The number of rotatable bonds is 6. The van der Waals surface area contributed by atoms with E-state index in [0.717, 1.165) is 5.56 Å². The van der Waals surface area contributed by atoms with Crippen LogP contribution in [0, 0.1) is 12.7 Å². The lowest BCUT2D eigenvalue weighted by Crippen LogP contribution is -2.16. The highest BCUT2D eigenvalue weighted by Gasteiger charge is 2.28. The van der Waals surface area contributed by atoms with Crippen LogP contribution in [-0.4, -0.2) is 21.0 Å². The molecule has 0 fully saturated rings. The predicted molar refractivity (Wildman–Crippen MR) is 108 cm³/mol. The number of aromatic nitrogens is 2. The average molecular weight is 399 g/mol. The monoisotopic (exact) mass is 398 g/mol. The van der Waals surface area contributed by atoms with Gasteiger partial charge in [0.15, 0.2) is 5.82 Å². The first-order valence-corrected chi connectivity index (χ1v) is 9.42. The van der Waals surface area contributed by atoms with Crippen LogP contribution in [0.25, 0.3) is 22.6 Å². The van der Waals surface area contributed by atoms with Gasteiger partial charge < -0.3 is 5.11 Å². The van der Waals surface area contributed by atoms with Crippen molar-refractivity contribution in [1.29, 1.82) is 0 Å². The zero-order valence-electron chi connectivity index (χ0n) is 15.6. The number of halogens is 2. The highest BCUT2D eigenvalue weighted by Crippen LogP contribution is 2.36. The fraction of sp³-hybridized carbons (Fsp3) is 0.227. The van der Waals surface area contributed by atoms with E-state index in [4.69, 9.17) is 11.6 Å². The van der Waals surface area contributed by atoms with Gasteiger partial charge in [0.2, 0.25) is 0 Å². The molecule has 28 heavy (non-hydrogen) atoms. The van der Waals surface area contributed by atoms with Gasteiger partial charge in [0.1, 0.15) is 5.82 Å². The zero-order chi connectivity index (χ0) is 20.3. The Bertz CT molecular complexity index is 1010. The number of aliphatic carboxylic acids is 1. The molecule has 144 valence electrons. The maximum absolute atomic E-state index is 14.7. The van der Waals surface area contributed by atoms with Gasteiger partial charge in [-0.15, -0.1) is 0 Å². The third kappa shape index (κ3) is 4.04. The Hall–Kier alpha value is -2.79. The minimum Gasteiger partial charge on any atom is -0.481 e. The number of carbonyl (C=O) groups is 1. The van der Waals surface area contributed by atoms with E-state index in [1.54, 1.807) is 13.0 Å². The van der Waals surface area contributed by atoms with Crippen LogP contribution in [0.5, 0.6) is 0 Å². The lowest BCUT2D eigenvalue weighted by Gasteiger charge is -2.19. The van der Waals surface area contributed by atoms with Crippen LogP contribution < -0.4 is 0 Å². The van der Waals surface area contributed by atoms with Crippen molar-refractivity contribution in [2.45, 2.75) is 32.6 Å². The van der Waals surface area contributed by atoms with Crippen LogP contribution in [-0.2, 0) is 4.79 Å². The molecule has 1 aromatic heterocycles. The summed E-state index contributed by atoms with van der Waals surface area (Å²) in [6.07, 6.45) is 1.08. The van der Waals surface area contributed by atoms with Crippen molar-refractivity contribution in [2.24, 2.45) is 0 Å². The lowest BCUT2D eigenvalue weighted by atomic mass is 9.89. The maximum Gasteiger partial charge on any atom is 0.311 e. The molecule has 1 atom stereocenters. The van der Waals surface area contributed by atoms with E-state index in [0.29, 0.717) is 35.6 Å². The first-order valence-electron chi connectivity index (χ1n) is 9.04. The summed E-state index contributed by atoms with van der Waals surface area (Å²) in [4.78, 5) is 21.1. The predicted octanol–water partition coefficient (Wildman–Crippen LogP) is 5.88. The van der Waals surface area contributed by atoms with Crippen molar-refractivity contribution in [1.82, 2.24) is 9.97 Å². The summed E-state index contributed by atoms with van der Waals surface area (Å²) >= 11 is 5.90. The number of aryl methyl sites for hydroxylation is 1. The van der Waals surface area contributed by atoms with Crippen molar-refractivity contribution in [3.63, 3.8) is 0 Å². The van der Waals surface area contributed by atoms with Crippen LogP contribution in [0.3, 0.4) is 0 Å². The standard InChI is InChI=1S/C22H20ClFN2O2/c1-3-7-17(22(27)28)19-13(2)25-21(14-8-5-4-6-9-14)26-20(19)16-11-10-15(23)12-18(16)24/h4-6,8-12,17H,3,7H2,1-2H3,(H,27,28). The zero-order valence-corrected chi connectivity index (χ0v) is 16.4. The molecule has 0 bridgehead atoms. The number of hydrogen-bond donors (Lipinski definition) is 1. The highest BCUT2D eigenvalue weighted by atomic mass is 35.5. The fourth-order valence-corrected chi connectivity index (χ4v) is 3.44. The molecule has 0 saturated heterocycles. The van der Waals surface area contributed by atoms with E-state index >= 15 is 0 Å². The quantitative estimate of drug-likeness (QED) is 0.563. The molecule has 0 aliphatic heterocycles. The first kappa shape index (κ1) is 20.0. The Labute approximate surface area is 168 Å². The molecule has 0 spiro atoms. The van der Waals surface area contributed by atoms with E-state index < -0.39 is 17.7 Å². The second kappa shape index (κ2) is 8.48. The molecule has 3 aromatic rings. The molecule has 0 radical (unpaired) electrons. The van der Waals surface area contributed by atoms with E-state index in [2.05, 4.69) is 9.97 Å². The number of nitrogens with zero attached hydrogens (tertiary/aromatic N) is 2. The third-order valence-corrected chi connectivity index (χ3v) is 4.81. The average Bonchev–Trinajstić information content (AvgIpc) is 2.66. The second-order valence-electron chi connectivity index (χ2n) is 6.56. The number of carboxylic acids is 1. The van der Waals surface area contributed by atoms with Crippen molar-refractivity contribution >= 4 is 17.6 Å². The second-order valence-corrected chi connectivity index (χ2v) is 7.00. The fourth-order valence-electron chi connectivity index (χ4n) is 3.28. The largest absolute Gasteiger partial charge is 0.481 e. The minimum atomic E-state index is -0.975. The maximum atomic E-state index is 14.7. The van der Waals surface area contributed by atoms with Gasteiger partial charge in [0.05, 0.1) is 11.6 Å². The molecule has 1 heterocycles. The van der Waals surface area contributed by atoms with Gasteiger partial charge in [-0.05, 0) is 31.5 Å². The Morgan fingerprint density at radius 3 is 2.50 bits per heavy atom. The topological polar surface area (TPSA) is 63.1 Å². The van der Waals surface area contributed by atoms with Gasteiger partial charge in [0, 0.05) is 27.4 Å². The van der Waals surface area contributed by atoms with Crippen molar-refractivity contribution in [3.8, 4) is 22.6 Å². The molecule has 0 amide bonds. The summed E-state index contributed by atoms with van der Waals surface area (Å²) in [5.74, 6) is -1.92. The van der Waals surface area contributed by atoms with E-state index in [1.165, 1.54) is 12.1 Å². The van der Waals surface area contributed by atoms with Crippen LogP contribution in [0.15, 0.2) is 48.5 Å². The van der Waals surface area contributed by atoms with Crippen molar-refractivity contribution in [2.75, 3.05) is 0 Å². The normalized spacial score (nSPS) is 12.0. The lowest BCUT2D eigenvalue weighted by molar-refractivity contribution is -0.139. The van der Waals surface area contributed by atoms with Crippen LogP contribution in [0.4, 0.5) is 4.39 Å². The van der Waals surface area contributed by atoms with E-state index in [9.17, 15) is 14.3 Å². The summed E-state index contributed by atoms with van der Waals surface area (Å²) in [6, 6.07) is 13.6. The Kier molecular flexibility index (Phi) is 6.05. The number of carboxylic acid groups (broad SMARTS) is 1. The summed E-state index contributed by atoms with van der Waals surface area (Å²) in [5.41, 5.74) is 2.25. The van der Waals surface area contributed by atoms with E-state index in [-0.39, 0.29) is 10.6 Å². The van der Waals surface area contributed by atoms with Crippen LogP contribution in [0.1, 0.15) is 36.9 Å². The molecule has 1 N–H and O–H groups in total. The Balaban J connectivity index is 2.30. The van der Waals surface area contributed by atoms with Gasteiger partial charge in [0.25, 0.3) is 0 Å². The molecule has 4 nitrogen and oxygen atoms in total. The van der Waals surface area contributed by atoms with Crippen molar-refractivity contribution in [3.05, 3.63) is 70.6 Å². The molecular weight excluding hydrogens is 379 g/mol. The molecule has 0 aliphatic carbocycles. The Morgan fingerprint density at radius 1 is 1.18 bits per heavy atom. The number of hydrogen-bond acceptors (Lipinski definition) is 3. The number of benzene rings is 2. The molecule has 2 aromatic carbocycles. The summed E-state index contributed by atoms with van der Waals surface area (Å²) < 4.78 is 14.7. The van der Waals surface area contributed by atoms with Crippen molar-refractivity contribution < 1.29 is 14.3 Å². The summed E-state index contributed by atoms with van der Waals surface area (Å²) in [5, 5.41) is 10.0. The molecule has 3 rings (SSSR count). The van der Waals surface area contributed by atoms with Gasteiger partial charge in [-0.25, -0.2) is 14.4 Å². The molecule has 6 heteroatoms. The van der Waals surface area contributed by atoms with Gasteiger partial charge in [-0.1, -0.05) is 55.3 Å². The van der Waals surface area contributed by atoms with Gasteiger partial charge in [-0.3, -0.25) is 4.79 Å². The minimum absolute atomic E-state index is 0.212. The molecule has 1 unspecified atom stereocenters. The van der Waals surface area contributed by atoms with Crippen LogP contribution in [0.2, 0.25) is 5.02 Å². The highest BCUT2D eigenvalue weighted by molar-refractivity contribution is 6.30. The SMILES string of the molecule is CCCC(C(=O)O)c1c(C)nc(-c2ccccc2)nc1-c1ccc(Cl)cc1F. The Morgan fingerprint density at radius 2 is 1.89 bits per heavy atom. The summed E-state index contributed by atoms with van der Waals surface area (Å²) in [6.45, 7) is 3.65. The molecular formula is C22H20ClFN2O2. The van der Waals surface area contributed by atoms with E-state index in [1.807, 2.05) is 37.3 Å². The third-order valence-electron chi connectivity index (χ3n) is 4.58. The first-order chi connectivity index (χ1) is 13.4. The smallest absolute Gasteiger partial charge is 0.311 e.